The Labute approximate surface area is 108 Å². The first-order valence-corrected chi connectivity index (χ1v) is 6.49. The van der Waals surface area contributed by atoms with Crippen LogP contribution in [0.5, 0.6) is 0 Å². The van der Waals surface area contributed by atoms with Gasteiger partial charge in [0.1, 0.15) is 5.58 Å². The van der Waals surface area contributed by atoms with E-state index in [2.05, 4.69) is 25.2 Å². The van der Waals surface area contributed by atoms with Crippen LogP contribution in [0.3, 0.4) is 0 Å². The van der Waals surface area contributed by atoms with Gasteiger partial charge >= 0.3 is 0 Å². The van der Waals surface area contributed by atoms with Crippen molar-refractivity contribution >= 4 is 11.0 Å². The minimum absolute atomic E-state index is 0.149. The predicted octanol–water partition coefficient (Wildman–Crippen LogP) is 3.07. The number of para-hydroxylation sites is 1. The monoisotopic (exact) mass is 247 g/mol. The first-order valence-electron chi connectivity index (χ1n) is 6.49. The third-order valence-electron chi connectivity index (χ3n) is 3.42. The van der Waals surface area contributed by atoms with Gasteiger partial charge in [0.05, 0.1) is 12.9 Å². The van der Waals surface area contributed by atoms with E-state index in [1.54, 1.807) is 6.26 Å². The molecule has 1 unspecified atom stereocenters. The summed E-state index contributed by atoms with van der Waals surface area (Å²) in [5, 5.41) is 14.0. The van der Waals surface area contributed by atoms with Crippen molar-refractivity contribution in [1.29, 1.82) is 0 Å². The maximum absolute atomic E-state index is 9.47. The number of rotatable bonds is 6. The van der Waals surface area contributed by atoms with E-state index in [9.17, 15) is 5.11 Å². The molecule has 1 aromatic carbocycles. The molecule has 3 heteroatoms. The van der Waals surface area contributed by atoms with Gasteiger partial charge in [-0.15, -0.1) is 0 Å². The Kier molecular flexibility index (Phi) is 4.04. The van der Waals surface area contributed by atoms with Gasteiger partial charge in [-0.3, -0.25) is 0 Å². The van der Waals surface area contributed by atoms with Crippen LogP contribution >= 0.6 is 0 Å². The molecule has 2 rings (SSSR count). The lowest BCUT2D eigenvalue weighted by Crippen LogP contribution is -2.45. The maximum Gasteiger partial charge on any atom is 0.134 e. The van der Waals surface area contributed by atoms with E-state index < -0.39 is 0 Å². The van der Waals surface area contributed by atoms with Crippen molar-refractivity contribution in [2.75, 3.05) is 6.61 Å². The van der Waals surface area contributed by atoms with Crippen LogP contribution < -0.4 is 5.32 Å². The Balaban J connectivity index is 2.10. The first-order chi connectivity index (χ1) is 8.68. The van der Waals surface area contributed by atoms with Gasteiger partial charge in [0.15, 0.2) is 0 Å². The second kappa shape index (κ2) is 5.55. The van der Waals surface area contributed by atoms with E-state index in [0.717, 1.165) is 29.4 Å². The van der Waals surface area contributed by atoms with Crippen LogP contribution in [0, 0.1) is 0 Å². The van der Waals surface area contributed by atoms with Crippen LogP contribution in [0.15, 0.2) is 34.9 Å². The molecule has 1 aromatic heterocycles. The number of fused-ring (bicyclic) bond motifs is 1. The summed E-state index contributed by atoms with van der Waals surface area (Å²) < 4.78 is 5.51. The van der Waals surface area contributed by atoms with E-state index in [0.29, 0.717) is 6.54 Å². The molecule has 0 spiro atoms. The number of hydrogen-bond donors (Lipinski definition) is 2. The van der Waals surface area contributed by atoms with Crippen LogP contribution in [-0.4, -0.2) is 17.3 Å². The SMILES string of the molecule is CCCC(C)(CO)NCc1coc2ccccc12. The summed E-state index contributed by atoms with van der Waals surface area (Å²) in [5.41, 5.74) is 1.84. The Hall–Kier alpha value is -1.32. The van der Waals surface area contributed by atoms with Crippen LogP contribution in [0.2, 0.25) is 0 Å². The van der Waals surface area contributed by atoms with Crippen LogP contribution in [0.1, 0.15) is 32.3 Å². The smallest absolute Gasteiger partial charge is 0.134 e. The topological polar surface area (TPSA) is 45.4 Å². The second-order valence-electron chi connectivity index (χ2n) is 5.08. The molecule has 0 saturated heterocycles. The van der Waals surface area contributed by atoms with Gasteiger partial charge < -0.3 is 14.8 Å². The molecule has 0 aliphatic carbocycles. The molecule has 1 heterocycles. The fraction of sp³-hybridized carbons (Fsp3) is 0.467. The van der Waals surface area contributed by atoms with Gasteiger partial charge in [-0.1, -0.05) is 31.5 Å². The maximum atomic E-state index is 9.47. The van der Waals surface area contributed by atoms with Crippen LogP contribution in [0.4, 0.5) is 0 Å². The zero-order chi connectivity index (χ0) is 13.0. The fourth-order valence-electron chi connectivity index (χ4n) is 2.25. The molecule has 0 saturated carbocycles. The molecule has 0 amide bonds. The minimum atomic E-state index is -0.215. The lowest BCUT2D eigenvalue weighted by Gasteiger charge is -2.28. The van der Waals surface area contributed by atoms with Crippen molar-refractivity contribution in [2.45, 2.75) is 38.8 Å². The largest absolute Gasteiger partial charge is 0.464 e. The Bertz CT molecular complexity index is 506. The number of furan rings is 1. The normalized spacial score (nSPS) is 14.8. The number of hydrogen-bond acceptors (Lipinski definition) is 3. The van der Waals surface area contributed by atoms with Gasteiger partial charge in [0, 0.05) is 23.0 Å². The zero-order valence-corrected chi connectivity index (χ0v) is 11.1. The predicted molar refractivity (Wildman–Crippen MR) is 73.5 cm³/mol. The van der Waals surface area contributed by atoms with Crippen LogP contribution in [-0.2, 0) is 6.54 Å². The van der Waals surface area contributed by atoms with Crippen LogP contribution in [0.25, 0.3) is 11.0 Å². The van der Waals surface area contributed by atoms with Gasteiger partial charge in [-0.05, 0) is 19.4 Å². The average molecular weight is 247 g/mol. The highest BCUT2D eigenvalue weighted by Gasteiger charge is 2.21. The lowest BCUT2D eigenvalue weighted by molar-refractivity contribution is 0.163. The van der Waals surface area contributed by atoms with Gasteiger partial charge in [0.25, 0.3) is 0 Å². The number of nitrogens with one attached hydrogen (secondary N) is 1. The molecule has 0 fully saturated rings. The first kappa shape index (κ1) is 13.1. The van der Waals surface area contributed by atoms with Gasteiger partial charge in [-0.2, -0.15) is 0 Å². The molecular weight excluding hydrogens is 226 g/mol. The fourth-order valence-corrected chi connectivity index (χ4v) is 2.25. The molecule has 1 atom stereocenters. The summed E-state index contributed by atoms with van der Waals surface area (Å²) in [6.45, 7) is 5.05. The highest BCUT2D eigenvalue weighted by atomic mass is 16.3. The molecular formula is C15H21NO2. The highest BCUT2D eigenvalue weighted by molar-refractivity contribution is 5.80. The number of aliphatic hydroxyl groups is 1. The lowest BCUT2D eigenvalue weighted by atomic mass is 9.97. The minimum Gasteiger partial charge on any atom is -0.464 e. The summed E-state index contributed by atoms with van der Waals surface area (Å²) in [6.07, 6.45) is 3.80. The molecule has 2 N–H and O–H groups in total. The summed E-state index contributed by atoms with van der Waals surface area (Å²) in [5.74, 6) is 0. The molecule has 0 aliphatic heterocycles. The number of benzene rings is 1. The van der Waals surface area contributed by atoms with E-state index in [1.807, 2.05) is 18.2 Å². The molecule has 18 heavy (non-hydrogen) atoms. The quantitative estimate of drug-likeness (QED) is 0.824. The Morgan fingerprint density at radius 1 is 1.33 bits per heavy atom. The van der Waals surface area contributed by atoms with Crippen molar-refractivity contribution in [3.63, 3.8) is 0 Å². The standard InChI is InChI=1S/C15H21NO2/c1-3-8-15(2,11-17)16-9-12-10-18-14-7-5-4-6-13(12)14/h4-7,10,16-17H,3,8-9,11H2,1-2H3. The second-order valence-corrected chi connectivity index (χ2v) is 5.08. The zero-order valence-electron chi connectivity index (χ0n) is 11.1. The molecule has 3 nitrogen and oxygen atoms in total. The van der Waals surface area contributed by atoms with Crippen molar-refractivity contribution in [2.24, 2.45) is 0 Å². The number of aliphatic hydroxyl groups excluding tert-OH is 1. The summed E-state index contributed by atoms with van der Waals surface area (Å²) in [6, 6.07) is 8.01. The summed E-state index contributed by atoms with van der Waals surface area (Å²) in [4.78, 5) is 0. The summed E-state index contributed by atoms with van der Waals surface area (Å²) >= 11 is 0. The Morgan fingerprint density at radius 3 is 2.83 bits per heavy atom. The van der Waals surface area contributed by atoms with Gasteiger partial charge in [0.2, 0.25) is 0 Å². The molecule has 0 aliphatic rings. The van der Waals surface area contributed by atoms with E-state index in [4.69, 9.17) is 4.42 Å². The highest BCUT2D eigenvalue weighted by Crippen LogP contribution is 2.21. The summed E-state index contributed by atoms with van der Waals surface area (Å²) in [7, 11) is 0. The third kappa shape index (κ3) is 2.74. The van der Waals surface area contributed by atoms with Crippen molar-refractivity contribution < 1.29 is 9.52 Å². The third-order valence-corrected chi connectivity index (χ3v) is 3.42. The molecule has 98 valence electrons. The van der Waals surface area contributed by atoms with E-state index >= 15 is 0 Å². The Morgan fingerprint density at radius 2 is 2.11 bits per heavy atom. The average Bonchev–Trinajstić information content (AvgIpc) is 2.80. The van der Waals surface area contributed by atoms with Crippen molar-refractivity contribution in [3.05, 3.63) is 36.1 Å². The van der Waals surface area contributed by atoms with E-state index in [-0.39, 0.29) is 12.1 Å². The van der Waals surface area contributed by atoms with Gasteiger partial charge in [-0.25, -0.2) is 0 Å². The molecule has 0 bridgehead atoms. The van der Waals surface area contributed by atoms with Crippen molar-refractivity contribution in [1.82, 2.24) is 5.32 Å². The van der Waals surface area contributed by atoms with E-state index in [1.165, 1.54) is 0 Å². The molecule has 2 aromatic rings. The molecule has 0 radical (unpaired) electrons. The van der Waals surface area contributed by atoms with Crippen molar-refractivity contribution in [3.8, 4) is 0 Å².